The van der Waals surface area contributed by atoms with Crippen LogP contribution in [0.3, 0.4) is 0 Å². The van der Waals surface area contributed by atoms with Gasteiger partial charge in [0.25, 0.3) is 0 Å². The average molecular weight is 273 g/mol. The van der Waals surface area contributed by atoms with E-state index in [0.29, 0.717) is 15.7 Å². The normalized spacial score (nSPS) is 29.5. The first-order valence-corrected chi connectivity index (χ1v) is 7.94. The fourth-order valence-electron chi connectivity index (χ4n) is 1.65. The lowest BCUT2D eigenvalue weighted by molar-refractivity contribution is 0.372. The molecule has 0 amide bonds. The predicted molar refractivity (Wildman–Crippen MR) is 73.6 cm³/mol. The summed E-state index contributed by atoms with van der Waals surface area (Å²) in [4.78, 5) is 4.48. The highest BCUT2D eigenvalue weighted by molar-refractivity contribution is 8.07. The highest BCUT2D eigenvalue weighted by Gasteiger charge is 2.29. The van der Waals surface area contributed by atoms with Crippen molar-refractivity contribution in [3.8, 4) is 0 Å². The van der Waals surface area contributed by atoms with Crippen molar-refractivity contribution in [2.75, 3.05) is 19.3 Å². The van der Waals surface area contributed by atoms with Crippen molar-refractivity contribution in [1.82, 2.24) is 15.5 Å². The molecule has 0 saturated carbocycles. The van der Waals surface area contributed by atoms with Gasteiger partial charge in [0.05, 0.1) is 5.25 Å². The topological polar surface area (TPSA) is 51.0 Å². The molecule has 6 heteroatoms. The second kappa shape index (κ2) is 6.11. The third-order valence-corrected chi connectivity index (χ3v) is 6.30. The van der Waals surface area contributed by atoms with Crippen LogP contribution in [0.4, 0.5) is 0 Å². The molecule has 0 radical (unpaired) electrons. The van der Waals surface area contributed by atoms with Crippen LogP contribution in [0.5, 0.6) is 0 Å². The van der Waals surface area contributed by atoms with E-state index in [1.165, 1.54) is 0 Å². The molecule has 1 fully saturated rings. The van der Waals surface area contributed by atoms with E-state index in [1.54, 1.807) is 0 Å². The Hall–Kier alpha value is -0.200. The molecule has 1 aliphatic heterocycles. The van der Waals surface area contributed by atoms with Gasteiger partial charge in [-0.15, -0.1) is 11.8 Å². The quantitative estimate of drug-likeness (QED) is 0.907. The maximum Gasteiger partial charge on any atom is 0.227 e. The smallest absolute Gasteiger partial charge is 0.227 e. The lowest BCUT2D eigenvalue weighted by atomic mass is 10.3. The molecule has 0 aliphatic carbocycles. The Bertz CT molecular complexity index is 358. The SMILES string of the molecule is CNCCc1nc(C2CSC(C)C(C)S2)no1. The summed E-state index contributed by atoms with van der Waals surface area (Å²) in [5.74, 6) is 2.69. The molecule has 0 bridgehead atoms. The molecular weight excluding hydrogens is 254 g/mol. The molecule has 1 saturated heterocycles. The third kappa shape index (κ3) is 3.39. The van der Waals surface area contributed by atoms with Crippen LogP contribution in [0.25, 0.3) is 0 Å². The highest BCUT2D eigenvalue weighted by atomic mass is 32.2. The van der Waals surface area contributed by atoms with Gasteiger partial charge in [0.2, 0.25) is 5.89 Å². The number of hydrogen-bond acceptors (Lipinski definition) is 6. The van der Waals surface area contributed by atoms with Gasteiger partial charge in [-0.25, -0.2) is 0 Å². The molecule has 0 spiro atoms. The fraction of sp³-hybridized carbons (Fsp3) is 0.818. The van der Waals surface area contributed by atoms with E-state index in [-0.39, 0.29) is 0 Å². The monoisotopic (exact) mass is 273 g/mol. The van der Waals surface area contributed by atoms with Gasteiger partial charge in [0, 0.05) is 29.2 Å². The zero-order valence-electron chi connectivity index (χ0n) is 10.5. The molecule has 1 aliphatic rings. The van der Waals surface area contributed by atoms with E-state index in [1.807, 2.05) is 30.6 Å². The Morgan fingerprint density at radius 1 is 1.41 bits per heavy atom. The predicted octanol–water partition coefficient (Wildman–Crippen LogP) is 2.13. The summed E-state index contributed by atoms with van der Waals surface area (Å²) in [6.07, 6.45) is 0.806. The van der Waals surface area contributed by atoms with Crippen LogP contribution in [0.15, 0.2) is 4.52 Å². The van der Waals surface area contributed by atoms with Gasteiger partial charge in [-0.1, -0.05) is 19.0 Å². The zero-order chi connectivity index (χ0) is 12.3. The number of rotatable bonds is 4. The van der Waals surface area contributed by atoms with Crippen molar-refractivity contribution in [3.05, 3.63) is 11.7 Å². The number of nitrogens with one attached hydrogen (secondary N) is 1. The first-order chi connectivity index (χ1) is 8.20. The first-order valence-electron chi connectivity index (χ1n) is 5.95. The molecule has 0 aromatic carbocycles. The average Bonchev–Trinajstić information content (AvgIpc) is 2.79. The largest absolute Gasteiger partial charge is 0.339 e. The minimum absolute atomic E-state index is 0.387. The minimum Gasteiger partial charge on any atom is -0.339 e. The van der Waals surface area contributed by atoms with E-state index in [2.05, 4.69) is 29.3 Å². The highest BCUT2D eigenvalue weighted by Crippen LogP contribution is 2.43. The van der Waals surface area contributed by atoms with Crippen molar-refractivity contribution in [2.24, 2.45) is 0 Å². The van der Waals surface area contributed by atoms with Crippen molar-refractivity contribution in [2.45, 2.75) is 36.0 Å². The summed E-state index contributed by atoms with van der Waals surface area (Å²) < 4.78 is 5.26. The first kappa shape index (κ1) is 13.2. The maximum absolute atomic E-state index is 5.26. The molecule has 1 aromatic rings. The molecule has 4 nitrogen and oxygen atoms in total. The number of hydrogen-bond donors (Lipinski definition) is 1. The van der Waals surface area contributed by atoms with Crippen LogP contribution in [-0.4, -0.2) is 40.0 Å². The van der Waals surface area contributed by atoms with Crippen LogP contribution in [-0.2, 0) is 6.42 Å². The van der Waals surface area contributed by atoms with Crippen LogP contribution in [0.2, 0.25) is 0 Å². The number of thioether (sulfide) groups is 2. The Morgan fingerprint density at radius 2 is 2.24 bits per heavy atom. The van der Waals surface area contributed by atoms with Gasteiger partial charge in [0.1, 0.15) is 0 Å². The summed E-state index contributed by atoms with van der Waals surface area (Å²) in [6, 6.07) is 0. The van der Waals surface area contributed by atoms with Gasteiger partial charge in [0.15, 0.2) is 5.82 Å². The molecule has 2 rings (SSSR count). The number of likely N-dealkylation sites (N-methyl/N-ethyl adjacent to an activating group) is 1. The number of nitrogens with zero attached hydrogens (tertiary/aromatic N) is 2. The van der Waals surface area contributed by atoms with Crippen LogP contribution in [0.1, 0.15) is 30.8 Å². The molecule has 3 atom stereocenters. The Morgan fingerprint density at radius 3 is 2.94 bits per heavy atom. The van der Waals surface area contributed by atoms with Gasteiger partial charge in [-0.3, -0.25) is 0 Å². The molecule has 2 heterocycles. The Labute approximate surface area is 111 Å². The second-order valence-corrected chi connectivity index (χ2v) is 7.26. The van der Waals surface area contributed by atoms with E-state index in [9.17, 15) is 0 Å². The molecular formula is C11H19N3OS2. The summed E-state index contributed by atoms with van der Waals surface area (Å²) in [5.41, 5.74) is 0. The van der Waals surface area contributed by atoms with E-state index in [0.717, 1.165) is 30.4 Å². The lowest BCUT2D eigenvalue weighted by Crippen LogP contribution is -2.22. The summed E-state index contributed by atoms with van der Waals surface area (Å²) in [5, 5.41) is 8.94. The molecule has 3 unspecified atom stereocenters. The van der Waals surface area contributed by atoms with E-state index in [4.69, 9.17) is 4.52 Å². The second-order valence-electron chi connectivity index (χ2n) is 4.27. The Balaban J connectivity index is 1.95. The zero-order valence-corrected chi connectivity index (χ0v) is 12.1. The van der Waals surface area contributed by atoms with Crippen LogP contribution >= 0.6 is 23.5 Å². The van der Waals surface area contributed by atoms with Crippen molar-refractivity contribution < 1.29 is 4.52 Å². The summed E-state index contributed by atoms with van der Waals surface area (Å²) >= 11 is 3.96. The van der Waals surface area contributed by atoms with Crippen LogP contribution in [0, 0.1) is 0 Å². The third-order valence-electron chi connectivity index (χ3n) is 2.91. The van der Waals surface area contributed by atoms with Gasteiger partial charge in [-0.05, 0) is 7.05 Å². The molecule has 1 aromatic heterocycles. The van der Waals surface area contributed by atoms with Gasteiger partial charge in [-0.2, -0.15) is 16.7 Å². The molecule has 1 N–H and O–H groups in total. The summed E-state index contributed by atoms with van der Waals surface area (Å²) in [6.45, 7) is 5.44. The van der Waals surface area contributed by atoms with Crippen molar-refractivity contribution in [1.29, 1.82) is 0 Å². The maximum atomic E-state index is 5.26. The standard InChI is InChI=1S/C11H19N3OS2/c1-7-8(2)17-9(6-16-7)11-13-10(15-14-11)4-5-12-3/h7-9,12H,4-6H2,1-3H3. The minimum atomic E-state index is 0.387. The Kier molecular flexibility index (Phi) is 4.76. The lowest BCUT2D eigenvalue weighted by Gasteiger charge is -2.29. The molecule has 96 valence electrons. The fourth-order valence-corrected chi connectivity index (χ4v) is 4.48. The van der Waals surface area contributed by atoms with Crippen molar-refractivity contribution in [3.63, 3.8) is 0 Å². The van der Waals surface area contributed by atoms with Gasteiger partial charge < -0.3 is 9.84 Å². The van der Waals surface area contributed by atoms with E-state index < -0.39 is 0 Å². The molecule has 17 heavy (non-hydrogen) atoms. The number of aromatic nitrogens is 2. The van der Waals surface area contributed by atoms with Crippen LogP contribution < -0.4 is 5.32 Å². The van der Waals surface area contributed by atoms with Gasteiger partial charge >= 0.3 is 0 Å². The van der Waals surface area contributed by atoms with E-state index >= 15 is 0 Å². The van der Waals surface area contributed by atoms with Crippen molar-refractivity contribution >= 4 is 23.5 Å². The summed E-state index contributed by atoms with van der Waals surface area (Å²) in [7, 11) is 1.92.